The third-order valence-electron chi connectivity index (χ3n) is 4.90. The highest BCUT2D eigenvalue weighted by molar-refractivity contribution is 7.91. The van der Waals surface area contributed by atoms with Gasteiger partial charge in [0.15, 0.2) is 0 Å². The number of likely N-dealkylation sites (tertiary alicyclic amines) is 1. The lowest BCUT2D eigenvalue weighted by Gasteiger charge is -2.35. The predicted molar refractivity (Wildman–Crippen MR) is 110 cm³/mol. The standard InChI is InChI=1S/C19H25N3O4S2/c1-14(19(23)20-16-6-3-4-7-17(16)26-2)22-11-9-15(10-12-22)21-28(24,25)18-8-5-13-27-18/h3-8,13-15,21H,9-12H2,1-2H3,(H,20,23)/t14-/m0/s1. The zero-order valence-electron chi connectivity index (χ0n) is 15.9. The summed E-state index contributed by atoms with van der Waals surface area (Å²) in [4.78, 5) is 14.7. The number of thiophene rings is 1. The first kappa shape index (κ1) is 20.8. The molecule has 0 spiro atoms. The first-order chi connectivity index (χ1) is 13.4. The van der Waals surface area contributed by atoms with E-state index in [-0.39, 0.29) is 18.0 Å². The van der Waals surface area contributed by atoms with E-state index in [0.717, 1.165) is 0 Å². The molecule has 7 nitrogen and oxygen atoms in total. The molecule has 0 radical (unpaired) electrons. The number of hydrogen-bond donors (Lipinski definition) is 2. The molecule has 0 unspecified atom stereocenters. The Kier molecular flexibility index (Phi) is 6.71. The number of amides is 1. The average Bonchev–Trinajstić information content (AvgIpc) is 3.24. The maximum Gasteiger partial charge on any atom is 0.250 e. The molecule has 0 bridgehead atoms. The van der Waals surface area contributed by atoms with Crippen LogP contribution >= 0.6 is 11.3 Å². The van der Waals surface area contributed by atoms with Gasteiger partial charge in [0.05, 0.1) is 18.8 Å². The second-order valence-electron chi connectivity index (χ2n) is 6.73. The number of para-hydroxylation sites is 2. The van der Waals surface area contributed by atoms with Gasteiger partial charge < -0.3 is 10.1 Å². The van der Waals surface area contributed by atoms with Crippen molar-refractivity contribution < 1.29 is 17.9 Å². The summed E-state index contributed by atoms with van der Waals surface area (Å²) in [6.45, 7) is 3.16. The fourth-order valence-corrected chi connectivity index (χ4v) is 5.56. The fraction of sp³-hybridized carbons (Fsp3) is 0.421. The Bertz CT molecular complexity index is 892. The van der Waals surface area contributed by atoms with Crippen molar-refractivity contribution in [2.24, 2.45) is 0 Å². The van der Waals surface area contributed by atoms with Gasteiger partial charge in [-0.15, -0.1) is 11.3 Å². The molecular formula is C19H25N3O4S2. The van der Waals surface area contributed by atoms with E-state index >= 15 is 0 Å². The van der Waals surface area contributed by atoms with Crippen LogP contribution in [0.25, 0.3) is 0 Å². The zero-order valence-corrected chi connectivity index (χ0v) is 17.6. The Labute approximate surface area is 169 Å². The van der Waals surface area contributed by atoms with Crippen molar-refractivity contribution in [1.29, 1.82) is 0 Å². The summed E-state index contributed by atoms with van der Waals surface area (Å²) < 4.78 is 33.1. The number of rotatable bonds is 7. The highest BCUT2D eigenvalue weighted by atomic mass is 32.2. The van der Waals surface area contributed by atoms with E-state index < -0.39 is 10.0 Å². The highest BCUT2D eigenvalue weighted by Crippen LogP contribution is 2.24. The van der Waals surface area contributed by atoms with Crippen molar-refractivity contribution in [3.63, 3.8) is 0 Å². The molecular weight excluding hydrogens is 398 g/mol. The summed E-state index contributed by atoms with van der Waals surface area (Å²) in [7, 11) is -1.90. The number of nitrogens with zero attached hydrogens (tertiary/aromatic N) is 1. The van der Waals surface area contributed by atoms with E-state index in [1.165, 1.54) is 11.3 Å². The lowest BCUT2D eigenvalue weighted by atomic mass is 10.0. The number of carbonyl (C=O) groups is 1. The van der Waals surface area contributed by atoms with Crippen LogP contribution in [-0.4, -0.2) is 51.5 Å². The van der Waals surface area contributed by atoms with E-state index in [9.17, 15) is 13.2 Å². The van der Waals surface area contributed by atoms with Gasteiger partial charge in [-0.05, 0) is 43.3 Å². The molecule has 1 saturated heterocycles. The molecule has 3 rings (SSSR count). The molecule has 2 N–H and O–H groups in total. The first-order valence-electron chi connectivity index (χ1n) is 9.14. The molecule has 1 aliphatic heterocycles. The Hall–Kier alpha value is -1.94. The number of carbonyl (C=O) groups excluding carboxylic acids is 1. The molecule has 1 atom stereocenters. The lowest BCUT2D eigenvalue weighted by molar-refractivity contribution is -0.121. The summed E-state index contributed by atoms with van der Waals surface area (Å²) in [5.41, 5.74) is 0.639. The number of hydrogen-bond acceptors (Lipinski definition) is 6. The van der Waals surface area contributed by atoms with Crippen LogP contribution in [0.4, 0.5) is 5.69 Å². The Morgan fingerprint density at radius 2 is 1.93 bits per heavy atom. The van der Waals surface area contributed by atoms with Crippen molar-refractivity contribution in [2.75, 3.05) is 25.5 Å². The zero-order chi connectivity index (χ0) is 20.1. The number of methoxy groups -OCH3 is 1. The molecule has 1 fully saturated rings. The van der Waals surface area contributed by atoms with Gasteiger partial charge >= 0.3 is 0 Å². The van der Waals surface area contributed by atoms with Crippen LogP contribution in [0.2, 0.25) is 0 Å². The van der Waals surface area contributed by atoms with E-state index in [0.29, 0.717) is 41.6 Å². The molecule has 2 aromatic rings. The van der Waals surface area contributed by atoms with Crippen LogP contribution in [-0.2, 0) is 14.8 Å². The molecule has 1 amide bonds. The Balaban J connectivity index is 1.53. The summed E-state index contributed by atoms with van der Waals surface area (Å²) >= 11 is 1.21. The molecule has 0 aliphatic carbocycles. The monoisotopic (exact) mass is 423 g/mol. The molecule has 2 heterocycles. The van der Waals surface area contributed by atoms with Crippen LogP contribution in [0.3, 0.4) is 0 Å². The summed E-state index contributed by atoms with van der Waals surface area (Å²) in [6, 6.07) is 10.2. The first-order valence-corrected chi connectivity index (χ1v) is 11.5. The SMILES string of the molecule is COc1ccccc1NC(=O)[C@H](C)N1CCC(NS(=O)(=O)c2cccs2)CC1. The van der Waals surface area contributed by atoms with Gasteiger partial charge in [0.1, 0.15) is 9.96 Å². The van der Waals surface area contributed by atoms with Crippen molar-refractivity contribution in [3.05, 3.63) is 41.8 Å². The van der Waals surface area contributed by atoms with Crippen LogP contribution in [0.1, 0.15) is 19.8 Å². The molecule has 28 heavy (non-hydrogen) atoms. The number of nitrogens with one attached hydrogen (secondary N) is 2. The van der Waals surface area contributed by atoms with Crippen molar-refractivity contribution in [1.82, 2.24) is 9.62 Å². The summed E-state index contributed by atoms with van der Waals surface area (Å²) in [5.74, 6) is 0.506. The fourth-order valence-electron chi connectivity index (χ4n) is 3.25. The largest absolute Gasteiger partial charge is 0.495 e. The third-order valence-corrected chi connectivity index (χ3v) is 7.82. The predicted octanol–water partition coefficient (Wildman–Crippen LogP) is 2.53. The number of sulfonamides is 1. The molecule has 1 aliphatic rings. The van der Waals surface area contributed by atoms with Crippen molar-refractivity contribution >= 4 is 33.0 Å². The van der Waals surface area contributed by atoms with E-state index in [1.54, 1.807) is 36.8 Å². The summed E-state index contributed by atoms with van der Waals surface area (Å²) in [5, 5.41) is 4.66. The van der Waals surface area contributed by atoms with Crippen LogP contribution in [0.15, 0.2) is 46.0 Å². The highest BCUT2D eigenvalue weighted by Gasteiger charge is 2.29. The van der Waals surface area contributed by atoms with Crippen LogP contribution < -0.4 is 14.8 Å². The smallest absolute Gasteiger partial charge is 0.250 e. The van der Waals surface area contributed by atoms with Gasteiger partial charge in [-0.25, -0.2) is 13.1 Å². The minimum absolute atomic E-state index is 0.109. The third kappa shape index (κ3) is 4.91. The molecule has 1 aromatic heterocycles. The normalized spacial score (nSPS) is 17.2. The molecule has 152 valence electrons. The molecule has 9 heteroatoms. The van der Waals surface area contributed by atoms with Crippen LogP contribution in [0.5, 0.6) is 5.75 Å². The number of ether oxygens (including phenoxy) is 1. The number of anilines is 1. The quantitative estimate of drug-likeness (QED) is 0.715. The van der Waals surface area contributed by atoms with Gasteiger partial charge in [0, 0.05) is 19.1 Å². The van der Waals surface area contributed by atoms with Gasteiger partial charge in [-0.3, -0.25) is 9.69 Å². The second kappa shape index (κ2) is 9.04. The van der Waals surface area contributed by atoms with Gasteiger partial charge in [-0.2, -0.15) is 0 Å². The minimum atomic E-state index is -3.46. The van der Waals surface area contributed by atoms with Gasteiger partial charge in [0.25, 0.3) is 0 Å². The number of piperidine rings is 1. The number of benzene rings is 1. The topological polar surface area (TPSA) is 87.7 Å². The average molecular weight is 424 g/mol. The molecule has 0 saturated carbocycles. The van der Waals surface area contributed by atoms with Gasteiger partial charge in [0.2, 0.25) is 15.9 Å². The second-order valence-corrected chi connectivity index (χ2v) is 9.62. The van der Waals surface area contributed by atoms with Gasteiger partial charge in [-0.1, -0.05) is 18.2 Å². The Morgan fingerprint density at radius 3 is 2.57 bits per heavy atom. The molecule has 1 aromatic carbocycles. The van der Waals surface area contributed by atoms with Crippen molar-refractivity contribution in [3.8, 4) is 5.75 Å². The summed E-state index contributed by atoms with van der Waals surface area (Å²) in [6.07, 6.45) is 1.33. The van der Waals surface area contributed by atoms with E-state index in [1.807, 2.05) is 19.1 Å². The maximum absolute atomic E-state index is 12.6. The van der Waals surface area contributed by atoms with E-state index in [2.05, 4.69) is 14.9 Å². The Morgan fingerprint density at radius 1 is 1.21 bits per heavy atom. The maximum atomic E-state index is 12.6. The van der Waals surface area contributed by atoms with Crippen LogP contribution in [0, 0.1) is 0 Å². The van der Waals surface area contributed by atoms with E-state index in [4.69, 9.17) is 4.74 Å². The van der Waals surface area contributed by atoms with Crippen molar-refractivity contribution in [2.45, 2.75) is 36.1 Å². The minimum Gasteiger partial charge on any atom is -0.495 e. The lowest BCUT2D eigenvalue weighted by Crippen LogP contribution is -2.50.